The molecule has 0 heterocycles. The molecule has 0 aliphatic carbocycles. The van der Waals surface area contributed by atoms with Gasteiger partial charge in [0.1, 0.15) is 0 Å². The van der Waals surface area contributed by atoms with Crippen LogP contribution in [0.4, 0.5) is 0 Å². The van der Waals surface area contributed by atoms with Gasteiger partial charge in [0.2, 0.25) is 0 Å². The molecule has 0 saturated carbocycles. The monoisotopic (exact) mass is 219 g/mol. The maximum absolute atomic E-state index is 8.58. The maximum atomic E-state index is 8.58. The Labute approximate surface area is 92.9 Å². The minimum atomic E-state index is 0.346. The van der Waals surface area contributed by atoms with E-state index >= 15 is 0 Å². The van der Waals surface area contributed by atoms with Crippen LogP contribution in [0.5, 0.6) is 0 Å². The topological polar surface area (TPSA) is 32.3 Å². The summed E-state index contributed by atoms with van der Waals surface area (Å²) >= 11 is 1.93. The molecular formula is C11H25NOS. The number of aliphatic hydroxyl groups is 1. The SMILES string of the molecule is CSC(C)CCNCCCCCCO. The number of unbranched alkanes of at least 4 members (excludes halogenated alkanes) is 3. The van der Waals surface area contributed by atoms with Gasteiger partial charge in [-0.2, -0.15) is 11.8 Å². The highest BCUT2D eigenvalue weighted by atomic mass is 32.2. The lowest BCUT2D eigenvalue weighted by Crippen LogP contribution is -2.19. The average Bonchev–Trinajstić information content (AvgIpc) is 2.21. The maximum Gasteiger partial charge on any atom is 0.0431 e. The van der Waals surface area contributed by atoms with E-state index in [2.05, 4.69) is 18.5 Å². The molecule has 86 valence electrons. The second kappa shape index (κ2) is 11.3. The van der Waals surface area contributed by atoms with Crippen LogP contribution in [0.3, 0.4) is 0 Å². The third-order valence-electron chi connectivity index (χ3n) is 2.39. The van der Waals surface area contributed by atoms with Crippen molar-refractivity contribution in [1.29, 1.82) is 0 Å². The van der Waals surface area contributed by atoms with Gasteiger partial charge in [0.15, 0.2) is 0 Å². The lowest BCUT2D eigenvalue weighted by atomic mass is 10.2. The van der Waals surface area contributed by atoms with E-state index in [4.69, 9.17) is 5.11 Å². The molecule has 0 aromatic heterocycles. The van der Waals surface area contributed by atoms with Crippen molar-refractivity contribution in [2.24, 2.45) is 0 Å². The van der Waals surface area contributed by atoms with Crippen molar-refractivity contribution in [3.05, 3.63) is 0 Å². The van der Waals surface area contributed by atoms with Crippen molar-refractivity contribution in [3.8, 4) is 0 Å². The van der Waals surface area contributed by atoms with E-state index in [-0.39, 0.29) is 0 Å². The molecule has 3 heteroatoms. The van der Waals surface area contributed by atoms with Crippen LogP contribution >= 0.6 is 11.8 Å². The van der Waals surface area contributed by atoms with E-state index < -0.39 is 0 Å². The van der Waals surface area contributed by atoms with Crippen molar-refractivity contribution >= 4 is 11.8 Å². The second-order valence-electron chi connectivity index (χ2n) is 3.72. The first-order chi connectivity index (χ1) is 6.81. The molecule has 0 aliphatic rings. The molecule has 0 radical (unpaired) electrons. The smallest absolute Gasteiger partial charge is 0.0431 e. The minimum absolute atomic E-state index is 0.346. The van der Waals surface area contributed by atoms with Gasteiger partial charge in [-0.05, 0) is 38.6 Å². The van der Waals surface area contributed by atoms with Gasteiger partial charge in [-0.3, -0.25) is 0 Å². The molecule has 2 nitrogen and oxygen atoms in total. The highest BCUT2D eigenvalue weighted by molar-refractivity contribution is 7.99. The van der Waals surface area contributed by atoms with Gasteiger partial charge >= 0.3 is 0 Å². The molecule has 0 rings (SSSR count). The van der Waals surface area contributed by atoms with Crippen molar-refractivity contribution in [3.63, 3.8) is 0 Å². The Morgan fingerprint density at radius 3 is 2.50 bits per heavy atom. The van der Waals surface area contributed by atoms with Crippen molar-refractivity contribution in [1.82, 2.24) is 5.32 Å². The number of aliphatic hydroxyl groups excluding tert-OH is 1. The first-order valence-corrected chi connectivity index (χ1v) is 6.94. The summed E-state index contributed by atoms with van der Waals surface area (Å²) in [7, 11) is 0. The van der Waals surface area contributed by atoms with Gasteiger partial charge in [0.05, 0.1) is 0 Å². The summed E-state index contributed by atoms with van der Waals surface area (Å²) in [6.07, 6.45) is 8.04. The van der Waals surface area contributed by atoms with E-state index in [1.165, 1.54) is 25.7 Å². The summed E-state index contributed by atoms with van der Waals surface area (Å²) < 4.78 is 0. The van der Waals surface area contributed by atoms with Crippen LogP contribution in [-0.4, -0.2) is 36.3 Å². The van der Waals surface area contributed by atoms with Crippen molar-refractivity contribution < 1.29 is 5.11 Å². The molecule has 14 heavy (non-hydrogen) atoms. The number of hydrogen-bond acceptors (Lipinski definition) is 3. The zero-order valence-corrected chi connectivity index (χ0v) is 10.4. The Bertz CT molecular complexity index is 111. The predicted octanol–water partition coefficient (Wildman–Crippen LogP) is 2.27. The Hall–Kier alpha value is 0.270. The summed E-state index contributed by atoms with van der Waals surface area (Å²) in [5.41, 5.74) is 0. The lowest BCUT2D eigenvalue weighted by Gasteiger charge is -2.08. The summed E-state index contributed by atoms with van der Waals surface area (Å²) in [5.74, 6) is 0. The van der Waals surface area contributed by atoms with Crippen LogP contribution in [0.25, 0.3) is 0 Å². The van der Waals surface area contributed by atoms with Gasteiger partial charge in [0, 0.05) is 11.9 Å². The normalized spacial score (nSPS) is 13.1. The van der Waals surface area contributed by atoms with Crippen LogP contribution in [0.2, 0.25) is 0 Å². The van der Waals surface area contributed by atoms with Crippen LogP contribution < -0.4 is 5.32 Å². The van der Waals surface area contributed by atoms with Gasteiger partial charge < -0.3 is 10.4 Å². The van der Waals surface area contributed by atoms with Crippen molar-refractivity contribution in [2.75, 3.05) is 26.0 Å². The number of thioether (sulfide) groups is 1. The highest BCUT2D eigenvalue weighted by Gasteiger charge is 1.97. The third-order valence-corrected chi connectivity index (χ3v) is 3.43. The largest absolute Gasteiger partial charge is 0.396 e. The van der Waals surface area contributed by atoms with Gasteiger partial charge in [-0.1, -0.05) is 19.8 Å². The van der Waals surface area contributed by atoms with Crippen LogP contribution in [0.1, 0.15) is 39.0 Å². The molecule has 0 saturated heterocycles. The Morgan fingerprint density at radius 2 is 1.86 bits per heavy atom. The van der Waals surface area contributed by atoms with E-state index in [1.54, 1.807) is 0 Å². The summed E-state index contributed by atoms with van der Waals surface area (Å²) in [4.78, 5) is 0. The summed E-state index contributed by atoms with van der Waals surface area (Å²) in [6, 6.07) is 0. The van der Waals surface area contributed by atoms with E-state index in [0.29, 0.717) is 6.61 Å². The highest BCUT2D eigenvalue weighted by Crippen LogP contribution is 2.07. The second-order valence-corrected chi connectivity index (χ2v) is 5.00. The molecule has 0 fully saturated rings. The van der Waals surface area contributed by atoms with E-state index in [9.17, 15) is 0 Å². The number of nitrogens with one attached hydrogen (secondary N) is 1. The standard InChI is InChI=1S/C11H25NOS/c1-11(14-2)7-9-12-8-5-3-4-6-10-13/h11-13H,3-10H2,1-2H3. The molecule has 0 aromatic rings. The quantitative estimate of drug-likeness (QED) is 0.553. The molecule has 1 atom stereocenters. The molecule has 0 bridgehead atoms. The first-order valence-electron chi connectivity index (χ1n) is 5.65. The fourth-order valence-electron chi connectivity index (χ4n) is 1.26. The molecule has 2 N–H and O–H groups in total. The van der Waals surface area contributed by atoms with Gasteiger partial charge in [0.25, 0.3) is 0 Å². The molecule has 0 aromatic carbocycles. The molecule has 0 aliphatic heterocycles. The summed E-state index contributed by atoms with van der Waals surface area (Å²) in [6.45, 7) is 4.89. The third kappa shape index (κ3) is 10.4. The average molecular weight is 219 g/mol. The predicted molar refractivity (Wildman–Crippen MR) is 66.0 cm³/mol. The number of rotatable bonds is 10. The minimum Gasteiger partial charge on any atom is -0.396 e. The Kier molecular flexibility index (Phi) is 11.6. The van der Waals surface area contributed by atoms with Crippen molar-refractivity contribution in [2.45, 2.75) is 44.3 Å². The Balaban J connectivity index is 2.92. The molecule has 0 amide bonds. The number of hydrogen-bond donors (Lipinski definition) is 2. The van der Waals surface area contributed by atoms with E-state index in [1.807, 2.05) is 11.8 Å². The van der Waals surface area contributed by atoms with Gasteiger partial charge in [-0.15, -0.1) is 0 Å². The zero-order valence-electron chi connectivity index (χ0n) is 9.59. The zero-order chi connectivity index (χ0) is 10.6. The summed E-state index contributed by atoms with van der Waals surface area (Å²) in [5, 5.41) is 12.8. The Morgan fingerprint density at radius 1 is 1.14 bits per heavy atom. The first kappa shape index (κ1) is 14.3. The fourth-order valence-corrected chi connectivity index (χ4v) is 1.62. The molecule has 1 unspecified atom stereocenters. The molecule has 0 spiro atoms. The van der Waals surface area contributed by atoms with Crippen LogP contribution in [0, 0.1) is 0 Å². The van der Waals surface area contributed by atoms with Crippen LogP contribution in [0.15, 0.2) is 0 Å². The fraction of sp³-hybridized carbons (Fsp3) is 1.00. The lowest BCUT2D eigenvalue weighted by molar-refractivity contribution is 0.282. The van der Waals surface area contributed by atoms with Crippen LogP contribution in [-0.2, 0) is 0 Å². The van der Waals surface area contributed by atoms with Gasteiger partial charge in [-0.25, -0.2) is 0 Å². The molecular weight excluding hydrogens is 194 g/mol. The van der Waals surface area contributed by atoms with E-state index in [0.717, 1.165) is 24.8 Å².